The average molecular weight is 549 g/mol. The topological polar surface area (TPSA) is 97.7 Å². The van der Waals surface area contributed by atoms with Gasteiger partial charge in [0.05, 0.1) is 19.3 Å². The van der Waals surface area contributed by atoms with Crippen LogP contribution in [0.1, 0.15) is 34.0 Å². The molecule has 3 aromatic carbocycles. The molecule has 0 saturated heterocycles. The Hall–Kier alpha value is -4.09. The summed E-state index contributed by atoms with van der Waals surface area (Å²) in [5.41, 5.74) is 3.44. The highest BCUT2D eigenvalue weighted by atomic mass is 79.9. The van der Waals surface area contributed by atoms with Gasteiger partial charge in [-0.15, -0.1) is 0 Å². The first-order valence-corrected chi connectivity index (χ1v) is 11.9. The number of aryl methyl sites for hydroxylation is 1. The number of hydrogen-bond acceptors (Lipinski definition) is 6. The predicted octanol–water partition coefficient (Wildman–Crippen LogP) is 6.07. The van der Waals surface area contributed by atoms with Crippen LogP contribution in [0.5, 0.6) is 11.5 Å². The summed E-state index contributed by atoms with van der Waals surface area (Å²) < 4.78 is 17.0. The molecule has 0 heterocycles. The summed E-state index contributed by atoms with van der Waals surface area (Å²) in [4.78, 5) is 24.5. The van der Waals surface area contributed by atoms with E-state index in [0.717, 1.165) is 5.56 Å². The van der Waals surface area contributed by atoms with Crippen molar-refractivity contribution in [2.45, 2.75) is 20.5 Å². The Kier molecular flexibility index (Phi) is 9.25. The van der Waals surface area contributed by atoms with Crippen molar-refractivity contribution in [3.8, 4) is 17.6 Å². The van der Waals surface area contributed by atoms with Crippen molar-refractivity contribution in [3.63, 3.8) is 0 Å². The Balaban J connectivity index is 1.76. The molecule has 7 nitrogen and oxygen atoms in total. The van der Waals surface area contributed by atoms with Gasteiger partial charge in [0.1, 0.15) is 18.2 Å². The second-order valence-corrected chi connectivity index (χ2v) is 8.57. The monoisotopic (exact) mass is 548 g/mol. The third-order valence-corrected chi connectivity index (χ3v) is 5.80. The number of halogens is 1. The maximum atomic E-state index is 12.7. The lowest BCUT2D eigenvalue weighted by molar-refractivity contribution is -0.112. The lowest BCUT2D eigenvalue weighted by Crippen LogP contribution is -2.13. The van der Waals surface area contributed by atoms with Gasteiger partial charge in [0.2, 0.25) is 0 Å². The summed E-state index contributed by atoms with van der Waals surface area (Å²) in [6.45, 7) is 4.38. The van der Waals surface area contributed by atoms with Crippen molar-refractivity contribution in [2.24, 2.45) is 0 Å². The van der Waals surface area contributed by atoms with Gasteiger partial charge in [-0.2, -0.15) is 5.26 Å². The Bertz CT molecular complexity index is 1310. The van der Waals surface area contributed by atoms with Crippen LogP contribution in [0.25, 0.3) is 6.08 Å². The van der Waals surface area contributed by atoms with E-state index in [1.165, 1.54) is 18.7 Å². The number of benzene rings is 3. The molecule has 0 bridgehead atoms. The molecule has 0 aliphatic carbocycles. The molecular formula is C28H25BrN2O5. The maximum absolute atomic E-state index is 12.7. The molecule has 1 amide bonds. The first kappa shape index (κ1) is 26.5. The van der Waals surface area contributed by atoms with Gasteiger partial charge in [0.25, 0.3) is 5.91 Å². The fourth-order valence-corrected chi connectivity index (χ4v) is 3.62. The SMILES string of the molecule is CCOC(=O)c1ccc(NC(=O)/C(C#N)=C/c2cc(OC)c(OCc3ccc(C)cc3)cc2Br)cc1. The van der Waals surface area contributed by atoms with Crippen molar-refractivity contribution in [1.82, 2.24) is 0 Å². The fraction of sp³-hybridized carbons (Fsp3) is 0.179. The molecule has 0 aliphatic rings. The maximum Gasteiger partial charge on any atom is 0.338 e. The number of anilines is 1. The highest BCUT2D eigenvalue weighted by Crippen LogP contribution is 2.35. The van der Waals surface area contributed by atoms with Crippen LogP contribution in [-0.4, -0.2) is 25.6 Å². The van der Waals surface area contributed by atoms with E-state index in [-0.39, 0.29) is 12.2 Å². The molecule has 184 valence electrons. The van der Waals surface area contributed by atoms with Gasteiger partial charge >= 0.3 is 5.97 Å². The molecule has 8 heteroatoms. The third-order valence-electron chi connectivity index (χ3n) is 5.12. The highest BCUT2D eigenvalue weighted by Gasteiger charge is 2.15. The molecule has 0 aromatic heterocycles. The number of rotatable bonds is 9. The van der Waals surface area contributed by atoms with Gasteiger partial charge in [-0.05, 0) is 67.4 Å². The van der Waals surface area contributed by atoms with Crippen molar-refractivity contribution < 1.29 is 23.8 Å². The number of ether oxygens (including phenoxy) is 3. The van der Waals surface area contributed by atoms with Crippen LogP contribution in [0.15, 0.2) is 70.7 Å². The zero-order valence-electron chi connectivity index (χ0n) is 20.1. The van der Waals surface area contributed by atoms with E-state index in [9.17, 15) is 14.9 Å². The molecule has 36 heavy (non-hydrogen) atoms. The van der Waals surface area contributed by atoms with Crippen molar-refractivity contribution >= 4 is 39.6 Å². The van der Waals surface area contributed by atoms with Crippen LogP contribution in [-0.2, 0) is 16.1 Å². The van der Waals surface area contributed by atoms with Crippen LogP contribution in [0.3, 0.4) is 0 Å². The van der Waals surface area contributed by atoms with Crippen molar-refractivity contribution in [1.29, 1.82) is 5.26 Å². The molecule has 3 rings (SSSR count). The number of carbonyl (C=O) groups is 2. The van der Waals surface area contributed by atoms with Gasteiger partial charge in [0.15, 0.2) is 11.5 Å². The van der Waals surface area contributed by atoms with Crippen LogP contribution < -0.4 is 14.8 Å². The van der Waals surface area contributed by atoms with Crippen LogP contribution in [0, 0.1) is 18.3 Å². The van der Waals surface area contributed by atoms with Crippen LogP contribution in [0.4, 0.5) is 5.69 Å². The quantitative estimate of drug-likeness (QED) is 0.198. The minimum absolute atomic E-state index is 0.111. The van der Waals surface area contributed by atoms with Crippen LogP contribution >= 0.6 is 15.9 Å². The summed E-state index contributed by atoms with van der Waals surface area (Å²) in [5, 5.41) is 12.3. The number of carbonyl (C=O) groups excluding carboxylic acids is 2. The molecule has 3 aromatic rings. The van der Waals surface area contributed by atoms with Gasteiger partial charge in [0, 0.05) is 10.2 Å². The van der Waals surface area contributed by atoms with Crippen molar-refractivity contribution in [2.75, 3.05) is 19.0 Å². The zero-order valence-corrected chi connectivity index (χ0v) is 21.7. The summed E-state index contributed by atoms with van der Waals surface area (Å²) in [6, 6.07) is 19.6. The lowest BCUT2D eigenvalue weighted by atomic mass is 10.1. The van der Waals surface area contributed by atoms with Gasteiger partial charge in [-0.1, -0.05) is 45.8 Å². The zero-order chi connectivity index (χ0) is 26.1. The lowest BCUT2D eigenvalue weighted by Gasteiger charge is -2.13. The van der Waals surface area contributed by atoms with Gasteiger partial charge in [-0.25, -0.2) is 4.79 Å². The summed E-state index contributed by atoms with van der Waals surface area (Å²) in [5.74, 6) is -0.0550. The summed E-state index contributed by atoms with van der Waals surface area (Å²) >= 11 is 3.49. The van der Waals surface area contributed by atoms with E-state index in [0.29, 0.717) is 39.4 Å². The van der Waals surface area contributed by atoms with Gasteiger partial charge in [-0.3, -0.25) is 4.79 Å². The Morgan fingerprint density at radius 3 is 2.36 bits per heavy atom. The van der Waals surface area contributed by atoms with Crippen LogP contribution in [0.2, 0.25) is 0 Å². The smallest absolute Gasteiger partial charge is 0.338 e. The van der Waals surface area contributed by atoms with E-state index < -0.39 is 11.9 Å². The first-order valence-electron chi connectivity index (χ1n) is 11.1. The second kappa shape index (κ2) is 12.6. The molecule has 0 spiro atoms. The molecule has 0 aliphatic heterocycles. The first-order chi connectivity index (χ1) is 17.3. The largest absolute Gasteiger partial charge is 0.493 e. The van der Waals surface area contributed by atoms with E-state index >= 15 is 0 Å². The Morgan fingerprint density at radius 2 is 1.75 bits per heavy atom. The number of methoxy groups -OCH3 is 1. The molecule has 0 unspecified atom stereocenters. The standard InChI is InChI=1S/C28H25BrN2O5/c1-4-35-28(33)20-9-11-23(12-10-20)31-27(32)22(16-30)13-21-14-25(34-3)26(15-24(21)29)36-17-19-7-5-18(2)6-8-19/h5-15H,4,17H2,1-3H3,(H,31,32)/b22-13+. The number of nitrogens with one attached hydrogen (secondary N) is 1. The number of esters is 1. The van der Waals surface area contributed by atoms with Gasteiger partial charge < -0.3 is 19.5 Å². The molecular weight excluding hydrogens is 524 g/mol. The number of hydrogen-bond donors (Lipinski definition) is 1. The predicted molar refractivity (Wildman–Crippen MR) is 141 cm³/mol. The van der Waals surface area contributed by atoms with Crippen molar-refractivity contribution in [3.05, 3.63) is 93.0 Å². The van der Waals surface area contributed by atoms with E-state index in [1.807, 2.05) is 37.3 Å². The number of amides is 1. The fourth-order valence-electron chi connectivity index (χ4n) is 3.19. The number of nitriles is 1. The third kappa shape index (κ3) is 6.96. The minimum Gasteiger partial charge on any atom is -0.493 e. The molecule has 0 fully saturated rings. The second-order valence-electron chi connectivity index (χ2n) is 7.72. The Morgan fingerprint density at radius 1 is 1.06 bits per heavy atom. The van der Waals surface area contributed by atoms with E-state index in [1.54, 1.807) is 43.3 Å². The highest BCUT2D eigenvalue weighted by molar-refractivity contribution is 9.10. The molecule has 0 radical (unpaired) electrons. The van der Waals surface area contributed by atoms with E-state index in [4.69, 9.17) is 14.2 Å². The average Bonchev–Trinajstić information content (AvgIpc) is 2.88. The summed E-state index contributed by atoms with van der Waals surface area (Å²) in [7, 11) is 1.52. The number of nitrogens with zero attached hydrogens (tertiary/aromatic N) is 1. The molecule has 1 N–H and O–H groups in total. The Labute approximate surface area is 218 Å². The van der Waals surface area contributed by atoms with E-state index in [2.05, 4.69) is 21.2 Å². The normalized spacial score (nSPS) is 10.8. The molecule has 0 atom stereocenters. The summed E-state index contributed by atoms with van der Waals surface area (Å²) in [6.07, 6.45) is 1.46. The molecule has 0 saturated carbocycles. The minimum atomic E-state index is -0.591.